The second-order valence-electron chi connectivity index (χ2n) is 2.62. The average molecular weight is 199 g/mol. The summed E-state index contributed by atoms with van der Waals surface area (Å²) in [5, 5.41) is 5.15. The van der Waals surface area contributed by atoms with Gasteiger partial charge in [-0.2, -0.15) is 0 Å². The molecule has 0 radical (unpaired) electrons. The minimum absolute atomic E-state index is 0.306. The molecule has 0 aliphatic carbocycles. The Morgan fingerprint density at radius 1 is 1.69 bits per heavy atom. The van der Waals surface area contributed by atoms with Crippen molar-refractivity contribution in [2.24, 2.45) is 5.84 Å². The summed E-state index contributed by atoms with van der Waals surface area (Å²) in [6.07, 6.45) is 0.793. The van der Waals surface area contributed by atoms with Gasteiger partial charge in [-0.15, -0.1) is 11.3 Å². The van der Waals surface area contributed by atoms with Gasteiger partial charge in [0.2, 0.25) is 0 Å². The van der Waals surface area contributed by atoms with Crippen LogP contribution in [0, 0.1) is 0 Å². The van der Waals surface area contributed by atoms with Crippen LogP contribution in [0.2, 0.25) is 0 Å². The zero-order valence-corrected chi connectivity index (χ0v) is 8.01. The van der Waals surface area contributed by atoms with Crippen LogP contribution in [0.15, 0.2) is 17.5 Å². The summed E-state index contributed by atoms with van der Waals surface area (Å²) in [6.45, 7) is 1.33. The van der Waals surface area contributed by atoms with Crippen LogP contribution in [-0.2, 0) is 11.3 Å². The SMILES string of the molecule is NNC(C=O)CNCc1cccs1. The highest BCUT2D eigenvalue weighted by Gasteiger charge is 2.02. The molecule has 0 aliphatic heterocycles. The molecule has 13 heavy (non-hydrogen) atoms. The molecule has 0 spiro atoms. The third kappa shape index (κ3) is 3.65. The minimum Gasteiger partial charge on any atom is -0.310 e. The third-order valence-electron chi connectivity index (χ3n) is 1.62. The summed E-state index contributed by atoms with van der Waals surface area (Å²) in [4.78, 5) is 11.6. The molecule has 72 valence electrons. The van der Waals surface area contributed by atoms with Gasteiger partial charge in [-0.05, 0) is 11.4 Å². The van der Waals surface area contributed by atoms with E-state index in [1.807, 2.05) is 17.5 Å². The lowest BCUT2D eigenvalue weighted by atomic mass is 10.3. The fourth-order valence-corrected chi connectivity index (χ4v) is 1.58. The number of carbonyl (C=O) groups is 1. The van der Waals surface area contributed by atoms with Crippen molar-refractivity contribution in [1.82, 2.24) is 10.7 Å². The molecule has 1 heterocycles. The summed E-state index contributed by atoms with van der Waals surface area (Å²) < 4.78 is 0. The van der Waals surface area contributed by atoms with E-state index in [9.17, 15) is 4.79 Å². The number of rotatable bonds is 6. The van der Waals surface area contributed by atoms with Crippen LogP contribution >= 0.6 is 11.3 Å². The third-order valence-corrected chi connectivity index (χ3v) is 2.50. The van der Waals surface area contributed by atoms with Crippen molar-refractivity contribution in [2.45, 2.75) is 12.6 Å². The molecule has 0 aliphatic rings. The number of hydrogen-bond donors (Lipinski definition) is 3. The predicted molar refractivity (Wildman–Crippen MR) is 53.2 cm³/mol. The first-order chi connectivity index (χ1) is 6.36. The van der Waals surface area contributed by atoms with E-state index in [4.69, 9.17) is 5.84 Å². The Labute approximate surface area is 81.1 Å². The molecule has 1 atom stereocenters. The van der Waals surface area contributed by atoms with Gasteiger partial charge >= 0.3 is 0 Å². The summed E-state index contributed by atoms with van der Waals surface area (Å²) >= 11 is 1.69. The van der Waals surface area contributed by atoms with E-state index in [0.29, 0.717) is 6.54 Å². The first-order valence-electron chi connectivity index (χ1n) is 4.01. The maximum Gasteiger partial charge on any atom is 0.139 e. The highest BCUT2D eigenvalue weighted by Crippen LogP contribution is 2.06. The van der Waals surface area contributed by atoms with Gasteiger partial charge in [0.25, 0.3) is 0 Å². The smallest absolute Gasteiger partial charge is 0.139 e. The van der Waals surface area contributed by atoms with Gasteiger partial charge in [-0.1, -0.05) is 6.07 Å². The van der Waals surface area contributed by atoms with Crippen molar-refractivity contribution >= 4 is 17.6 Å². The summed E-state index contributed by atoms with van der Waals surface area (Å²) in [6, 6.07) is 3.74. The molecule has 1 aromatic heterocycles. The van der Waals surface area contributed by atoms with Crippen molar-refractivity contribution < 1.29 is 4.79 Å². The molecule has 0 aromatic carbocycles. The first kappa shape index (κ1) is 10.3. The van der Waals surface area contributed by atoms with Crippen LogP contribution in [0.3, 0.4) is 0 Å². The number of hydrazine groups is 1. The maximum absolute atomic E-state index is 10.3. The first-order valence-corrected chi connectivity index (χ1v) is 4.89. The molecule has 4 nitrogen and oxygen atoms in total. The standard InChI is InChI=1S/C8H13N3OS/c9-11-7(6-12)4-10-5-8-2-1-3-13-8/h1-3,6-7,10-11H,4-5,9H2. The van der Waals surface area contributed by atoms with Gasteiger partial charge in [0.1, 0.15) is 6.29 Å². The molecule has 0 saturated heterocycles. The molecule has 5 heteroatoms. The van der Waals surface area contributed by atoms with Crippen molar-refractivity contribution in [3.05, 3.63) is 22.4 Å². The zero-order chi connectivity index (χ0) is 9.52. The van der Waals surface area contributed by atoms with Crippen molar-refractivity contribution in [2.75, 3.05) is 6.54 Å². The number of nitrogens with two attached hydrogens (primary N) is 1. The summed E-state index contributed by atoms with van der Waals surface area (Å²) in [5.74, 6) is 5.12. The Hall–Kier alpha value is -0.750. The fraction of sp³-hybridized carbons (Fsp3) is 0.375. The van der Waals surface area contributed by atoms with Crippen LogP contribution < -0.4 is 16.6 Å². The molecule has 4 N–H and O–H groups in total. The molecule has 0 saturated carbocycles. The quantitative estimate of drug-likeness (QED) is 0.339. The maximum atomic E-state index is 10.3. The van der Waals surface area contributed by atoms with Crippen LogP contribution in [0.25, 0.3) is 0 Å². The molecule has 0 bridgehead atoms. The van der Waals surface area contributed by atoms with Gasteiger partial charge in [-0.3, -0.25) is 5.84 Å². The topological polar surface area (TPSA) is 67.1 Å². The lowest BCUT2D eigenvalue weighted by Crippen LogP contribution is -2.43. The minimum atomic E-state index is -0.306. The van der Waals surface area contributed by atoms with E-state index in [1.165, 1.54) is 4.88 Å². The van der Waals surface area contributed by atoms with E-state index < -0.39 is 0 Å². The van der Waals surface area contributed by atoms with Gasteiger partial charge in [0.05, 0.1) is 6.04 Å². The van der Waals surface area contributed by atoms with Crippen LogP contribution in [-0.4, -0.2) is 18.9 Å². The lowest BCUT2D eigenvalue weighted by Gasteiger charge is -2.08. The monoisotopic (exact) mass is 199 g/mol. The predicted octanol–water partition coefficient (Wildman–Crippen LogP) is -0.131. The Balaban J connectivity index is 2.17. The zero-order valence-electron chi connectivity index (χ0n) is 7.19. The van der Waals surface area contributed by atoms with Crippen LogP contribution in [0.5, 0.6) is 0 Å². The lowest BCUT2D eigenvalue weighted by molar-refractivity contribution is -0.109. The largest absolute Gasteiger partial charge is 0.310 e. The molecular weight excluding hydrogens is 186 g/mol. The highest BCUT2D eigenvalue weighted by molar-refractivity contribution is 7.09. The van der Waals surface area contributed by atoms with E-state index in [1.54, 1.807) is 11.3 Å². The fourth-order valence-electron chi connectivity index (χ4n) is 0.910. The Bertz CT molecular complexity index is 238. The van der Waals surface area contributed by atoms with Gasteiger partial charge in [-0.25, -0.2) is 5.43 Å². The molecular formula is C8H13N3OS. The van der Waals surface area contributed by atoms with E-state index in [-0.39, 0.29) is 6.04 Å². The molecule has 1 unspecified atom stereocenters. The number of carbonyl (C=O) groups excluding carboxylic acids is 1. The Kier molecular flexibility index (Phi) is 4.63. The Morgan fingerprint density at radius 3 is 3.08 bits per heavy atom. The van der Waals surface area contributed by atoms with Crippen LogP contribution in [0.4, 0.5) is 0 Å². The van der Waals surface area contributed by atoms with E-state index in [0.717, 1.165) is 12.8 Å². The highest BCUT2D eigenvalue weighted by atomic mass is 32.1. The van der Waals surface area contributed by atoms with Crippen molar-refractivity contribution in [1.29, 1.82) is 0 Å². The normalized spacial score (nSPS) is 12.7. The van der Waals surface area contributed by atoms with Crippen LogP contribution in [0.1, 0.15) is 4.88 Å². The van der Waals surface area contributed by atoms with E-state index in [2.05, 4.69) is 10.7 Å². The number of nitrogens with one attached hydrogen (secondary N) is 2. The number of hydrogen-bond acceptors (Lipinski definition) is 5. The van der Waals surface area contributed by atoms with Gasteiger partial charge in [0, 0.05) is 18.0 Å². The average Bonchev–Trinajstić information content (AvgIpc) is 2.65. The second kappa shape index (κ2) is 5.82. The number of thiophene rings is 1. The molecule has 1 rings (SSSR count). The van der Waals surface area contributed by atoms with Crippen molar-refractivity contribution in [3.63, 3.8) is 0 Å². The summed E-state index contributed by atoms with van der Waals surface area (Å²) in [5.41, 5.74) is 2.40. The van der Waals surface area contributed by atoms with Crippen molar-refractivity contribution in [3.8, 4) is 0 Å². The van der Waals surface area contributed by atoms with Gasteiger partial charge in [0.15, 0.2) is 0 Å². The second-order valence-corrected chi connectivity index (χ2v) is 3.65. The molecule has 0 amide bonds. The number of aldehydes is 1. The van der Waals surface area contributed by atoms with Gasteiger partial charge < -0.3 is 10.1 Å². The Morgan fingerprint density at radius 2 is 2.54 bits per heavy atom. The summed E-state index contributed by atoms with van der Waals surface area (Å²) in [7, 11) is 0. The molecule has 0 fully saturated rings. The van der Waals surface area contributed by atoms with E-state index >= 15 is 0 Å². The molecule has 1 aromatic rings.